The van der Waals surface area contributed by atoms with Crippen LogP contribution < -0.4 is 10.2 Å². The van der Waals surface area contributed by atoms with E-state index in [1.807, 2.05) is 6.08 Å². The lowest BCUT2D eigenvalue weighted by Gasteiger charge is -2.25. The minimum atomic E-state index is -0.279. The van der Waals surface area contributed by atoms with Gasteiger partial charge < -0.3 is 10.2 Å². The van der Waals surface area contributed by atoms with Crippen molar-refractivity contribution in [3.63, 3.8) is 0 Å². The van der Waals surface area contributed by atoms with Crippen LogP contribution in [0.3, 0.4) is 0 Å². The summed E-state index contributed by atoms with van der Waals surface area (Å²) in [4.78, 5) is 6.53. The molecule has 1 N–H and O–H groups in total. The van der Waals surface area contributed by atoms with Crippen LogP contribution >= 0.6 is 0 Å². The zero-order chi connectivity index (χ0) is 13.8. The Kier molecular flexibility index (Phi) is 4.53. The molecular formula is C15H22FN3. The first-order valence-corrected chi connectivity index (χ1v) is 6.87. The fourth-order valence-corrected chi connectivity index (χ4v) is 2.11. The molecule has 1 saturated carbocycles. The highest BCUT2D eigenvalue weighted by molar-refractivity contribution is 5.49. The van der Waals surface area contributed by atoms with Crippen molar-refractivity contribution in [3.05, 3.63) is 36.3 Å². The molecule has 0 atom stereocenters. The van der Waals surface area contributed by atoms with Crippen LogP contribution in [-0.2, 0) is 6.54 Å². The molecule has 3 nitrogen and oxygen atoms in total. The fraction of sp³-hybridized carbons (Fsp3) is 0.533. The van der Waals surface area contributed by atoms with E-state index in [4.69, 9.17) is 0 Å². The van der Waals surface area contributed by atoms with Gasteiger partial charge in [0.1, 0.15) is 11.6 Å². The summed E-state index contributed by atoms with van der Waals surface area (Å²) in [6, 6.07) is 2.48. The third kappa shape index (κ3) is 3.77. The van der Waals surface area contributed by atoms with E-state index < -0.39 is 0 Å². The lowest BCUT2D eigenvalue weighted by molar-refractivity contribution is 0.576. The molecule has 0 spiro atoms. The summed E-state index contributed by atoms with van der Waals surface area (Å²) in [6.45, 7) is 9.35. The van der Waals surface area contributed by atoms with Gasteiger partial charge in [-0.15, -0.1) is 6.58 Å². The number of anilines is 1. The molecule has 1 heterocycles. The largest absolute Gasteiger partial charge is 0.350 e. The second kappa shape index (κ2) is 6.15. The highest BCUT2D eigenvalue weighted by atomic mass is 19.1. The van der Waals surface area contributed by atoms with E-state index in [0.29, 0.717) is 18.6 Å². The maximum Gasteiger partial charge on any atom is 0.141 e. The van der Waals surface area contributed by atoms with E-state index in [1.165, 1.54) is 19.0 Å². The van der Waals surface area contributed by atoms with Crippen LogP contribution in [0.15, 0.2) is 24.9 Å². The molecule has 1 aliphatic rings. The summed E-state index contributed by atoms with van der Waals surface area (Å²) in [5.41, 5.74) is 0.919. The smallest absolute Gasteiger partial charge is 0.141 e. The van der Waals surface area contributed by atoms with Gasteiger partial charge >= 0.3 is 0 Å². The number of nitrogens with one attached hydrogen (secondary N) is 1. The molecule has 0 unspecified atom stereocenters. The molecule has 1 aromatic rings. The average molecular weight is 263 g/mol. The SMILES string of the molecule is C=CCN(c1ncc(F)cc1CNC(C)C)C1CC1. The van der Waals surface area contributed by atoms with Crippen LogP contribution in [0.5, 0.6) is 0 Å². The van der Waals surface area contributed by atoms with Gasteiger partial charge in [-0.2, -0.15) is 0 Å². The van der Waals surface area contributed by atoms with Crippen molar-refractivity contribution in [3.8, 4) is 0 Å². The van der Waals surface area contributed by atoms with Crippen molar-refractivity contribution in [2.75, 3.05) is 11.4 Å². The van der Waals surface area contributed by atoms with Crippen LogP contribution in [0.4, 0.5) is 10.2 Å². The molecule has 1 fully saturated rings. The highest BCUT2D eigenvalue weighted by Gasteiger charge is 2.30. The predicted molar refractivity (Wildman–Crippen MR) is 76.7 cm³/mol. The first-order valence-electron chi connectivity index (χ1n) is 6.87. The zero-order valence-corrected chi connectivity index (χ0v) is 11.7. The molecule has 0 saturated heterocycles. The minimum absolute atomic E-state index is 0.279. The molecule has 1 aromatic heterocycles. The Labute approximate surface area is 114 Å². The number of pyridine rings is 1. The lowest BCUT2D eigenvalue weighted by atomic mass is 10.2. The summed E-state index contributed by atoms with van der Waals surface area (Å²) >= 11 is 0. The van der Waals surface area contributed by atoms with Crippen molar-refractivity contribution in [2.24, 2.45) is 0 Å². The van der Waals surface area contributed by atoms with E-state index in [0.717, 1.165) is 17.9 Å². The van der Waals surface area contributed by atoms with Crippen LogP contribution in [0.2, 0.25) is 0 Å². The second-order valence-corrected chi connectivity index (χ2v) is 5.34. The Bertz CT molecular complexity index is 441. The number of aromatic nitrogens is 1. The molecule has 4 heteroatoms. The summed E-state index contributed by atoms with van der Waals surface area (Å²) < 4.78 is 13.4. The Morgan fingerprint density at radius 3 is 2.89 bits per heavy atom. The predicted octanol–water partition coefficient (Wildman–Crippen LogP) is 2.87. The van der Waals surface area contributed by atoms with E-state index in [2.05, 4.69) is 35.6 Å². The maximum absolute atomic E-state index is 13.4. The first-order chi connectivity index (χ1) is 9.11. The third-order valence-electron chi connectivity index (χ3n) is 3.20. The standard InChI is InChI=1S/C15H22FN3/c1-4-7-19(14-5-6-14)15-12(9-17-11(2)3)8-13(16)10-18-15/h4,8,10-11,14,17H,1,5-7,9H2,2-3H3. The molecule has 0 radical (unpaired) electrons. The quantitative estimate of drug-likeness (QED) is 0.767. The lowest BCUT2D eigenvalue weighted by Crippen LogP contribution is -2.30. The molecule has 104 valence electrons. The molecule has 19 heavy (non-hydrogen) atoms. The molecule has 0 amide bonds. The van der Waals surface area contributed by atoms with Gasteiger partial charge in [-0.3, -0.25) is 0 Å². The Hall–Kier alpha value is -1.42. The number of halogens is 1. The van der Waals surface area contributed by atoms with Gasteiger partial charge in [-0.1, -0.05) is 19.9 Å². The number of rotatable bonds is 7. The van der Waals surface area contributed by atoms with Crippen molar-refractivity contribution >= 4 is 5.82 Å². The molecule has 0 aliphatic heterocycles. The van der Waals surface area contributed by atoms with E-state index in [9.17, 15) is 4.39 Å². The normalized spacial score (nSPS) is 14.7. The maximum atomic E-state index is 13.4. The monoisotopic (exact) mass is 263 g/mol. The van der Waals surface area contributed by atoms with Crippen LogP contribution in [-0.4, -0.2) is 23.6 Å². The summed E-state index contributed by atoms with van der Waals surface area (Å²) in [5, 5.41) is 3.33. The Morgan fingerprint density at radius 2 is 2.32 bits per heavy atom. The van der Waals surface area contributed by atoms with Gasteiger partial charge in [-0.05, 0) is 18.9 Å². The summed E-state index contributed by atoms with van der Waals surface area (Å²) in [6.07, 6.45) is 5.55. The molecule has 0 aromatic carbocycles. The van der Waals surface area contributed by atoms with Gasteiger partial charge in [0.2, 0.25) is 0 Å². The third-order valence-corrected chi connectivity index (χ3v) is 3.20. The summed E-state index contributed by atoms with van der Waals surface area (Å²) in [5.74, 6) is 0.607. The van der Waals surface area contributed by atoms with Gasteiger partial charge in [0.15, 0.2) is 0 Å². The van der Waals surface area contributed by atoms with Gasteiger partial charge in [0.05, 0.1) is 6.20 Å². The molecule has 0 bridgehead atoms. The fourth-order valence-electron chi connectivity index (χ4n) is 2.11. The topological polar surface area (TPSA) is 28.2 Å². The van der Waals surface area contributed by atoms with Crippen LogP contribution in [0.25, 0.3) is 0 Å². The van der Waals surface area contributed by atoms with Crippen LogP contribution in [0.1, 0.15) is 32.3 Å². The van der Waals surface area contributed by atoms with E-state index in [-0.39, 0.29) is 5.82 Å². The number of hydrogen-bond acceptors (Lipinski definition) is 3. The zero-order valence-electron chi connectivity index (χ0n) is 11.7. The van der Waals surface area contributed by atoms with Gasteiger partial charge in [-0.25, -0.2) is 9.37 Å². The van der Waals surface area contributed by atoms with Gasteiger partial charge in [0.25, 0.3) is 0 Å². The van der Waals surface area contributed by atoms with Crippen molar-refractivity contribution in [1.82, 2.24) is 10.3 Å². The first kappa shape index (κ1) is 14.0. The second-order valence-electron chi connectivity index (χ2n) is 5.34. The Morgan fingerprint density at radius 1 is 1.58 bits per heavy atom. The average Bonchev–Trinajstić information content (AvgIpc) is 3.18. The van der Waals surface area contributed by atoms with Crippen molar-refractivity contribution in [1.29, 1.82) is 0 Å². The van der Waals surface area contributed by atoms with Crippen LogP contribution in [0, 0.1) is 5.82 Å². The highest BCUT2D eigenvalue weighted by Crippen LogP contribution is 2.32. The number of hydrogen-bond donors (Lipinski definition) is 1. The van der Waals surface area contributed by atoms with Crippen molar-refractivity contribution < 1.29 is 4.39 Å². The molecule has 2 rings (SSSR count). The van der Waals surface area contributed by atoms with E-state index in [1.54, 1.807) is 6.07 Å². The molecular weight excluding hydrogens is 241 g/mol. The minimum Gasteiger partial charge on any atom is -0.350 e. The summed E-state index contributed by atoms with van der Waals surface area (Å²) in [7, 11) is 0. The number of nitrogens with zero attached hydrogens (tertiary/aromatic N) is 2. The molecule has 1 aliphatic carbocycles. The van der Waals surface area contributed by atoms with E-state index >= 15 is 0 Å². The van der Waals surface area contributed by atoms with Crippen molar-refractivity contribution in [2.45, 2.75) is 45.3 Å². The Balaban J connectivity index is 2.23. The van der Waals surface area contributed by atoms with Gasteiger partial charge in [0, 0.05) is 30.7 Å².